The van der Waals surface area contributed by atoms with E-state index in [1.165, 1.54) is 7.11 Å². The highest BCUT2D eigenvalue weighted by Crippen LogP contribution is 2.48. The van der Waals surface area contributed by atoms with Crippen molar-refractivity contribution in [3.63, 3.8) is 0 Å². The van der Waals surface area contributed by atoms with Gasteiger partial charge in [0, 0.05) is 16.5 Å². The summed E-state index contributed by atoms with van der Waals surface area (Å²) >= 11 is 0. The smallest absolute Gasteiger partial charge is 0.193 e. The Kier molecular flexibility index (Phi) is 2.77. The van der Waals surface area contributed by atoms with E-state index in [1.54, 1.807) is 18.2 Å². The summed E-state index contributed by atoms with van der Waals surface area (Å²) in [6.45, 7) is 5.90. The molecule has 106 valence electrons. The second-order valence-electron chi connectivity index (χ2n) is 6.14. The molecule has 20 heavy (non-hydrogen) atoms. The number of benzene rings is 1. The van der Waals surface area contributed by atoms with Gasteiger partial charge in [0.25, 0.3) is 0 Å². The first-order chi connectivity index (χ1) is 9.37. The van der Waals surface area contributed by atoms with Crippen LogP contribution in [0.3, 0.4) is 0 Å². The number of hydrogen-bond acceptors (Lipinski definition) is 4. The zero-order chi connectivity index (χ0) is 14.7. The van der Waals surface area contributed by atoms with Crippen LogP contribution in [0.1, 0.15) is 41.5 Å². The molecular weight excluding hydrogens is 256 g/mol. The summed E-state index contributed by atoms with van der Waals surface area (Å²) in [5, 5.41) is 0. The SMILES string of the molecule is COc1ccc2c(c1)C(=O)C1OC(C)C(C)(C)C1C2=O. The number of ether oxygens (including phenoxy) is 2. The van der Waals surface area contributed by atoms with E-state index in [0.717, 1.165) is 0 Å². The molecular formula is C16H18O4. The Morgan fingerprint density at radius 2 is 1.85 bits per heavy atom. The number of fused-ring (bicyclic) bond motifs is 2. The highest BCUT2D eigenvalue weighted by molar-refractivity contribution is 6.17. The lowest BCUT2D eigenvalue weighted by Crippen LogP contribution is -2.43. The molecule has 1 heterocycles. The summed E-state index contributed by atoms with van der Waals surface area (Å²) in [5.74, 6) is 0.0714. The average molecular weight is 274 g/mol. The predicted octanol–water partition coefficient (Wildman–Crippen LogP) is 2.50. The Labute approximate surface area is 118 Å². The first kappa shape index (κ1) is 13.3. The van der Waals surface area contributed by atoms with Crippen LogP contribution in [0.25, 0.3) is 0 Å². The van der Waals surface area contributed by atoms with Gasteiger partial charge in [-0.15, -0.1) is 0 Å². The van der Waals surface area contributed by atoms with E-state index in [-0.39, 0.29) is 23.1 Å². The first-order valence-electron chi connectivity index (χ1n) is 6.80. The Morgan fingerprint density at radius 1 is 1.15 bits per heavy atom. The maximum Gasteiger partial charge on any atom is 0.193 e. The van der Waals surface area contributed by atoms with E-state index in [0.29, 0.717) is 16.9 Å². The van der Waals surface area contributed by atoms with E-state index in [9.17, 15) is 9.59 Å². The molecule has 0 saturated carbocycles. The number of methoxy groups -OCH3 is 1. The van der Waals surface area contributed by atoms with Gasteiger partial charge < -0.3 is 9.47 Å². The Balaban J connectivity index is 2.15. The van der Waals surface area contributed by atoms with Crippen molar-refractivity contribution in [3.8, 4) is 5.75 Å². The van der Waals surface area contributed by atoms with Crippen LogP contribution in [0.5, 0.6) is 5.75 Å². The molecule has 1 aliphatic carbocycles. The van der Waals surface area contributed by atoms with Gasteiger partial charge in [-0.05, 0) is 25.1 Å². The number of Topliss-reactive ketones (excluding diaryl/α,β-unsaturated/α-hetero) is 2. The molecule has 3 unspecified atom stereocenters. The minimum Gasteiger partial charge on any atom is -0.497 e. The van der Waals surface area contributed by atoms with E-state index < -0.39 is 12.0 Å². The maximum absolute atomic E-state index is 12.7. The van der Waals surface area contributed by atoms with Gasteiger partial charge in [-0.25, -0.2) is 0 Å². The highest BCUT2D eigenvalue weighted by Gasteiger charge is 2.57. The second kappa shape index (κ2) is 4.16. The molecule has 4 nitrogen and oxygen atoms in total. The van der Waals surface area contributed by atoms with Crippen LogP contribution in [0.4, 0.5) is 0 Å². The van der Waals surface area contributed by atoms with Crippen molar-refractivity contribution < 1.29 is 19.1 Å². The third kappa shape index (κ3) is 1.57. The average Bonchev–Trinajstić information content (AvgIpc) is 2.66. The van der Waals surface area contributed by atoms with Crippen molar-refractivity contribution >= 4 is 11.6 Å². The minimum absolute atomic E-state index is 0.00148. The zero-order valence-corrected chi connectivity index (χ0v) is 12.1. The molecule has 3 rings (SSSR count). The van der Waals surface area contributed by atoms with Gasteiger partial charge in [-0.3, -0.25) is 9.59 Å². The Hall–Kier alpha value is -1.68. The molecule has 0 radical (unpaired) electrons. The summed E-state index contributed by atoms with van der Waals surface area (Å²) in [5.41, 5.74) is 0.568. The topological polar surface area (TPSA) is 52.6 Å². The predicted molar refractivity (Wildman–Crippen MR) is 73.3 cm³/mol. The van der Waals surface area contributed by atoms with Gasteiger partial charge in [-0.2, -0.15) is 0 Å². The first-order valence-corrected chi connectivity index (χ1v) is 6.80. The van der Waals surface area contributed by atoms with Crippen molar-refractivity contribution in [1.29, 1.82) is 0 Å². The van der Waals surface area contributed by atoms with E-state index in [2.05, 4.69) is 0 Å². The number of ketones is 2. The molecule has 0 amide bonds. The molecule has 1 aromatic rings. The second-order valence-corrected chi connectivity index (χ2v) is 6.14. The van der Waals surface area contributed by atoms with Crippen molar-refractivity contribution in [2.45, 2.75) is 33.0 Å². The monoisotopic (exact) mass is 274 g/mol. The van der Waals surface area contributed by atoms with E-state index >= 15 is 0 Å². The van der Waals surface area contributed by atoms with Crippen LogP contribution >= 0.6 is 0 Å². The van der Waals surface area contributed by atoms with Gasteiger partial charge in [-0.1, -0.05) is 13.8 Å². The molecule has 4 heteroatoms. The summed E-state index contributed by atoms with van der Waals surface area (Å²) < 4.78 is 10.9. The summed E-state index contributed by atoms with van der Waals surface area (Å²) in [6.07, 6.45) is -0.784. The van der Waals surface area contributed by atoms with Gasteiger partial charge >= 0.3 is 0 Å². The number of hydrogen-bond donors (Lipinski definition) is 0. The van der Waals surface area contributed by atoms with Gasteiger partial charge in [0.05, 0.1) is 19.1 Å². The van der Waals surface area contributed by atoms with Gasteiger partial charge in [0.15, 0.2) is 11.6 Å². The molecule has 2 aliphatic rings. The zero-order valence-electron chi connectivity index (χ0n) is 12.1. The molecule has 1 fully saturated rings. The maximum atomic E-state index is 12.7. The number of carbonyl (C=O) groups excluding carboxylic acids is 2. The minimum atomic E-state index is -0.660. The molecule has 0 bridgehead atoms. The largest absolute Gasteiger partial charge is 0.497 e. The Morgan fingerprint density at radius 3 is 2.50 bits per heavy atom. The number of carbonyl (C=O) groups is 2. The van der Waals surface area contributed by atoms with Crippen molar-refractivity contribution in [1.82, 2.24) is 0 Å². The van der Waals surface area contributed by atoms with Crippen molar-refractivity contribution in [2.24, 2.45) is 11.3 Å². The van der Waals surface area contributed by atoms with Gasteiger partial charge in [0.2, 0.25) is 0 Å². The highest BCUT2D eigenvalue weighted by atomic mass is 16.5. The fraction of sp³-hybridized carbons (Fsp3) is 0.500. The summed E-state index contributed by atoms with van der Waals surface area (Å²) in [4.78, 5) is 25.3. The fourth-order valence-electron chi connectivity index (χ4n) is 3.20. The number of rotatable bonds is 1. The normalized spacial score (nSPS) is 30.9. The molecule has 0 aromatic heterocycles. The van der Waals surface area contributed by atoms with E-state index in [1.807, 2.05) is 20.8 Å². The lowest BCUT2D eigenvalue weighted by atomic mass is 9.67. The Bertz CT molecular complexity index is 602. The quantitative estimate of drug-likeness (QED) is 0.789. The summed E-state index contributed by atoms with van der Waals surface area (Å²) in [6, 6.07) is 5.03. The molecule has 0 spiro atoms. The lowest BCUT2D eigenvalue weighted by molar-refractivity contribution is 0.0270. The van der Waals surface area contributed by atoms with Crippen LogP contribution in [-0.2, 0) is 4.74 Å². The molecule has 0 N–H and O–H groups in total. The van der Waals surface area contributed by atoms with E-state index in [4.69, 9.17) is 9.47 Å². The van der Waals surface area contributed by atoms with Crippen LogP contribution in [0.15, 0.2) is 18.2 Å². The molecule has 3 atom stereocenters. The van der Waals surface area contributed by atoms with Crippen LogP contribution in [0, 0.1) is 11.3 Å². The molecule has 1 aromatic carbocycles. The standard InChI is InChI=1S/C16H18O4/c1-8-16(2,3)12-13(17)10-6-5-9(19-4)7-11(10)14(18)15(12)20-8/h5-8,12,15H,1-4H3. The molecule has 1 aliphatic heterocycles. The van der Waals surface area contributed by atoms with Crippen LogP contribution < -0.4 is 4.74 Å². The van der Waals surface area contributed by atoms with Crippen molar-refractivity contribution in [3.05, 3.63) is 29.3 Å². The third-order valence-corrected chi connectivity index (χ3v) is 4.80. The van der Waals surface area contributed by atoms with Crippen molar-refractivity contribution in [2.75, 3.05) is 7.11 Å². The van der Waals surface area contributed by atoms with Gasteiger partial charge in [0.1, 0.15) is 11.9 Å². The lowest BCUT2D eigenvalue weighted by Gasteiger charge is -2.32. The molecule has 1 saturated heterocycles. The third-order valence-electron chi connectivity index (χ3n) is 4.80. The van der Waals surface area contributed by atoms with Crippen LogP contribution in [-0.4, -0.2) is 30.9 Å². The summed E-state index contributed by atoms with van der Waals surface area (Å²) in [7, 11) is 1.54. The fourth-order valence-corrected chi connectivity index (χ4v) is 3.20. The van der Waals surface area contributed by atoms with Crippen LogP contribution in [0.2, 0.25) is 0 Å².